The highest BCUT2D eigenvalue weighted by Gasteiger charge is 2.30. The molecule has 0 aromatic carbocycles. The molecular weight excluding hydrogens is 228 g/mol. The molecular formula is C14H26N2O2. The minimum absolute atomic E-state index is 0.138. The lowest BCUT2D eigenvalue weighted by Gasteiger charge is -2.30. The Kier molecular flexibility index (Phi) is 4.62. The summed E-state index contributed by atoms with van der Waals surface area (Å²) in [5.41, 5.74) is -0.138. The second kappa shape index (κ2) is 6.02. The average molecular weight is 254 g/mol. The SMILES string of the molecule is CC1CCCNC1CC(=O)NCC1(C)CCCO1. The van der Waals surface area contributed by atoms with Crippen LogP contribution in [-0.4, -0.2) is 37.2 Å². The van der Waals surface area contributed by atoms with Crippen LogP contribution in [0, 0.1) is 5.92 Å². The molecule has 2 rings (SSSR count). The maximum absolute atomic E-state index is 11.9. The molecule has 3 unspecified atom stereocenters. The van der Waals surface area contributed by atoms with E-state index in [1.807, 2.05) is 0 Å². The van der Waals surface area contributed by atoms with Gasteiger partial charge in [-0.3, -0.25) is 4.79 Å². The fourth-order valence-electron chi connectivity index (χ4n) is 2.92. The van der Waals surface area contributed by atoms with Crippen LogP contribution in [0.15, 0.2) is 0 Å². The molecule has 2 fully saturated rings. The third-order valence-corrected chi connectivity index (χ3v) is 4.29. The summed E-state index contributed by atoms with van der Waals surface area (Å²) in [5.74, 6) is 0.751. The average Bonchev–Trinajstić information content (AvgIpc) is 2.77. The van der Waals surface area contributed by atoms with Gasteiger partial charge in [0.25, 0.3) is 0 Å². The lowest BCUT2D eigenvalue weighted by Crippen LogP contribution is -2.46. The summed E-state index contributed by atoms with van der Waals surface area (Å²) in [6.45, 7) is 6.83. The molecule has 1 amide bonds. The Morgan fingerprint density at radius 2 is 2.33 bits per heavy atom. The van der Waals surface area contributed by atoms with Gasteiger partial charge in [-0.25, -0.2) is 0 Å². The van der Waals surface area contributed by atoms with E-state index in [0.29, 0.717) is 24.9 Å². The topological polar surface area (TPSA) is 50.4 Å². The number of piperidine rings is 1. The normalized spacial score (nSPS) is 36.6. The van der Waals surface area contributed by atoms with E-state index in [0.717, 1.165) is 26.0 Å². The summed E-state index contributed by atoms with van der Waals surface area (Å²) >= 11 is 0. The zero-order chi connectivity index (χ0) is 13.0. The van der Waals surface area contributed by atoms with Gasteiger partial charge in [0, 0.05) is 25.6 Å². The highest BCUT2D eigenvalue weighted by atomic mass is 16.5. The molecule has 104 valence electrons. The molecule has 2 N–H and O–H groups in total. The Hall–Kier alpha value is -0.610. The molecule has 2 heterocycles. The maximum Gasteiger partial charge on any atom is 0.221 e. The van der Waals surface area contributed by atoms with Crippen LogP contribution >= 0.6 is 0 Å². The lowest BCUT2D eigenvalue weighted by molar-refractivity contribution is -0.123. The van der Waals surface area contributed by atoms with Gasteiger partial charge in [-0.2, -0.15) is 0 Å². The van der Waals surface area contributed by atoms with E-state index in [9.17, 15) is 4.79 Å². The highest BCUT2D eigenvalue weighted by molar-refractivity contribution is 5.76. The lowest BCUT2D eigenvalue weighted by atomic mass is 9.90. The number of ether oxygens (including phenoxy) is 1. The summed E-state index contributed by atoms with van der Waals surface area (Å²) in [7, 11) is 0. The first-order valence-corrected chi connectivity index (χ1v) is 7.23. The third-order valence-electron chi connectivity index (χ3n) is 4.29. The van der Waals surface area contributed by atoms with Crippen molar-refractivity contribution >= 4 is 5.91 Å². The smallest absolute Gasteiger partial charge is 0.221 e. The minimum Gasteiger partial charge on any atom is -0.373 e. The van der Waals surface area contributed by atoms with E-state index in [1.165, 1.54) is 12.8 Å². The van der Waals surface area contributed by atoms with Crippen LogP contribution in [0.4, 0.5) is 0 Å². The Morgan fingerprint density at radius 3 is 3.00 bits per heavy atom. The first-order valence-electron chi connectivity index (χ1n) is 7.23. The van der Waals surface area contributed by atoms with E-state index in [2.05, 4.69) is 24.5 Å². The van der Waals surface area contributed by atoms with Gasteiger partial charge in [0.1, 0.15) is 0 Å². The Labute approximate surface area is 110 Å². The van der Waals surface area contributed by atoms with E-state index in [4.69, 9.17) is 4.74 Å². The summed E-state index contributed by atoms with van der Waals surface area (Å²) < 4.78 is 5.67. The predicted octanol–water partition coefficient (Wildman–Crippen LogP) is 1.45. The summed E-state index contributed by atoms with van der Waals surface area (Å²) in [6.07, 6.45) is 5.20. The van der Waals surface area contributed by atoms with Crippen molar-refractivity contribution in [3.63, 3.8) is 0 Å². The van der Waals surface area contributed by atoms with Gasteiger partial charge in [0.15, 0.2) is 0 Å². The molecule has 4 heteroatoms. The number of carbonyl (C=O) groups is 1. The summed E-state index contributed by atoms with van der Waals surface area (Å²) in [6, 6.07) is 0.344. The minimum atomic E-state index is -0.138. The third kappa shape index (κ3) is 3.69. The van der Waals surface area contributed by atoms with Crippen LogP contribution in [0.3, 0.4) is 0 Å². The van der Waals surface area contributed by atoms with Gasteiger partial charge < -0.3 is 15.4 Å². The van der Waals surface area contributed by atoms with Gasteiger partial charge in [-0.15, -0.1) is 0 Å². The fourth-order valence-corrected chi connectivity index (χ4v) is 2.92. The largest absolute Gasteiger partial charge is 0.373 e. The van der Waals surface area contributed by atoms with Crippen molar-refractivity contribution in [1.29, 1.82) is 0 Å². The standard InChI is InChI=1S/C14H26N2O2/c1-11-5-3-7-15-12(11)9-13(17)16-10-14(2)6-4-8-18-14/h11-12,15H,3-10H2,1-2H3,(H,16,17). The molecule has 0 radical (unpaired) electrons. The van der Waals surface area contributed by atoms with E-state index < -0.39 is 0 Å². The van der Waals surface area contributed by atoms with Gasteiger partial charge in [0.2, 0.25) is 5.91 Å². The highest BCUT2D eigenvalue weighted by Crippen LogP contribution is 2.24. The van der Waals surface area contributed by atoms with Crippen LogP contribution in [0.2, 0.25) is 0 Å². The Balaban J connectivity index is 1.71. The predicted molar refractivity (Wildman–Crippen MR) is 71.4 cm³/mol. The van der Waals surface area contributed by atoms with Crippen LogP contribution < -0.4 is 10.6 Å². The molecule has 0 aliphatic carbocycles. The number of hydrogen-bond acceptors (Lipinski definition) is 3. The fraction of sp³-hybridized carbons (Fsp3) is 0.929. The molecule has 0 spiro atoms. The van der Waals surface area contributed by atoms with Crippen LogP contribution in [0.1, 0.15) is 46.0 Å². The van der Waals surface area contributed by atoms with E-state index >= 15 is 0 Å². The Morgan fingerprint density at radius 1 is 1.50 bits per heavy atom. The quantitative estimate of drug-likeness (QED) is 0.798. The molecule has 4 nitrogen and oxygen atoms in total. The molecule has 0 saturated carbocycles. The van der Waals surface area contributed by atoms with Crippen molar-refractivity contribution in [2.24, 2.45) is 5.92 Å². The molecule has 0 bridgehead atoms. The molecule has 0 aromatic rings. The summed E-state index contributed by atoms with van der Waals surface area (Å²) in [5, 5.41) is 6.47. The second-order valence-corrected chi connectivity index (χ2v) is 6.06. The van der Waals surface area contributed by atoms with Crippen molar-refractivity contribution in [3.8, 4) is 0 Å². The monoisotopic (exact) mass is 254 g/mol. The van der Waals surface area contributed by atoms with E-state index in [1.54, 1.807) is 0 Å². The Bertz CT molecular complexity index is 288. The van der Waals surface area contributed by atoms with E-state index in [-0.39, 0.29) is 11.5 Å². The van der Waals surface area contributed by atoms with Crippen molar-refractivity contribution in [2.75, 3.05) is 19.7 Å². The molecule has 3 atom stereocenters. The van der Waals surface area contributed by atoms with Gasteiger partial charge in [-0.1, -0.05) is 6.92 Å². The molecule has 2 aliphatic heterocycles. The van der Waals surface area contributed by atoms with Crippen molar-refractivity contribution in [3.05, 3.63) is 0 Å². The molecule has 0 aromatic heterocycles. The number of hydrogen-bond donors (Lipinski definition) is 2. The van der Waals surface area contributed by atoms with Crippen LogP contribution in [0.25, 0.3) is 0 Å². The number of rotatable bonds is 4. The first kappa shape index (κ1) is 13.8. The number of nitrogens with one attached hydrogen (secondary N) is 2. The van der Waals surface area contributed by atoms with Crippen molar-refractivity contribution < 1.29 is 9.53 Å². The first-order chi connectivity index (χ1) is 8.59. The van der Waals surface area contributed by atoms with Crippen LogP contribution in [-0.2, 0) is 9.53 Å². The second-order valence-electron chi connectivity index (χ2n) is 6.06. The maximum atomic E-state index is 11.9. The number of amides is 1. The molecule has 2 aliphatic rings. The summed E-state index contributed by atoms with van der Waals surface area (Å²) in [4.78, 5) is 11.9. The molecule has 2 saturated heterocycles. The van der Waals surface area contributed by atoms with Crippen LogP contribution in [0.5, 0.6) is 0 Å². The van der Waals surface area contributed by atoms with Gasteiger partial charge in [-0.05, 0) is 45.1 Å². The molecule has 18 heavy (non-hydrogen) atoms. The van der Waals surface area contributed by atoms with Gasteiger partial charge >= 0.3 is 0 Å². The zero-order valence-electron chi connectivity index (χ0n) is 11.6. The van der Waals surface area contributed by atoms with Crippen molar-refractivity contribution in [1.82, 2.24) is 10.6 Å². The zero-order valence-corrected chi connectivity index (χ0v) is 11.6. The van der Waals surface area contributed by atoms with Gasteiger partial charge in [0.05, 0.1) is 5.60 Å². The number of carbonyl (C=O) groups excluding carboxylic acids is 1. The van der Waals surface area contributed by atoms with Crippen molar-refractivity contribution in [2.45, 2.75) is 57.6 Å².